The van der Waals surface area contributed by atoms with E-state index in [4.69, 9.17) is 5.73 Å². The second-order valence-corrected chi connectivity index (χ2v) is 8.00. The predicted octanol–water partition coefficient (Wildman–Crippen LogP) is 3.42. The van der Waals surface area contributed by atoms with Crippen LogP contribution < -0.4 is 16.0 Å². The highest BCUT2D eigenvalue weighted by molar-refractivity contribution is 5.97. The van der Waals surface area contributed by atoms with Gasteiger partial charge in [0.05, 0.1) is 6.04 Å². The van der Waals surface area contributed by atoms with Gasteiger partial charge in [0.15, 0.2) is 0 Å². The Kier molecular flexibility index (Phi) is 4.57. The maximum Gasteiger partial charge on any atom is 0.248 e. The largest absolute Gasteiger partial charge is 0.366 e. The Labute approximate surface area is 165 Å². The first-order valence-corrected chi connectivity index (χ1v) is 9.80. The number of benzene rings is 1. The van der Waals surface area contributed by atoms with Gasteiger partial charge < -0.3 is 16.0 Å². The number of nitrogens with two attached hydrogens (primary N) is 1. The third kappa shape index (κ3) is 3.23. The van der Waals surface area contributed by atoms with Crippen molar-refractivity contribution in [3.8, 4) is 0 Å². The number of pyridine rings is 1. The van der Waals surface area contributed by atoms with Crippen molar-refractivity contribution in [3.63, 3.8) is 0 Å². The van der Waals surface area contributed by atoms with Crippen molar-refractivity contribution >= 4 is 23.3 Å². The highest BCUT2D eigenvalue weighted by atomic mass is 16.2. The Balaban J connectivity index is 1.83. The predicted molar refractivity (Wildman–Crippen MR) is 109 cm³/mol. The zero-order valence-corrected chi connectivity index (χ0v) is 16.5. The molecule has 146 valence electrons. The fourth-order valence-corrected chi connectivity index (χ4v) is 4.50. The minimum Gasteiger partial charge on any atom is -0.366 e. The maximum atomic E-state index is 12.6. The first-order valence-electron chi connectivity index (χ1n) is 9.80. The fraction of sp³-hybridized carbons (Fsp3) is 0.409. The summed E-state index contributed by atoms with van der Waals surface area (Å²) in [5, 5.41) is 3.56. The van der Waals surface area contributed by atoms with Crippen molar-refractivity contribution in [1.29, 1.82) is 0 Å². The Morgan fingerprint density at radius 3 is 2.57 bits per heavy atom. The molecule has 4 rings (SSSR count). The minimum absolute atomic E-state index is 0.0314. The molecule has 6 heteroatoms. The molecule has 2 amide bonds. The molecule has 0 spiro atoms. The molecule has 1 fully saturated rings. The van der Waals surface area contributed by atoms with E-state index in [1.165, 1.54) is 0 Å². The van der Waals surface area contributed by atoms with Gasteiger partial charge in [-0.25, -0.2) is 4.98 Å². The summed E-state index contributed by atoms with van der Waals surface area (Å²) in [6.45, 7) is 5.75. The number of anilines is 2. The van der Waals surface area contributed by atoms with E-state index in [0.29, 0.717) is 11.5 Å². The average molecular weight is 378 g/mol. The lowest BCUT2D eigenvalue weighted by Gasteiger charge is -2.46. The Bertz CT molecular complexity index is 938. The van der Waals surface area contributed by atoms with Gasteiger partial charge in [-0.2, -0.15) is 0 Å². The smallest absolute Gasteiger partial charge is 0.248 e. The summed E-state index contributed by atoms with van der Waals surface area (Å²) in [7, 11) is 0. The summed E-state index contributed by atoms with van der Waals surface area (Å²) < 4.78 is 0. The molecular weight excluding hydrogens is 352 g/mol. The van der Waals surface area contributed by atoms with Crippen LogP contribution in [0.3, 0.4) is 0 Å². The first-order chi connectivity index (χ1) is 13.4. The van der Waals surface area contributed by atoms with Gasteiger partial charge in [-0.05, 0) is 61.6 Å². The Morgan fingerprint density at radius 1 is 1.21 bits per heavy atom. The standard InChI is InChI=1S/C22H26N4O2/c1-12-5-4-6-19(24-12)25-20-13(2)21(15-7-8-15)26(14(3)27)18-10-9-16(22(23)28)11-17(18)20/h4-6,9-11,13,15,20-21H,7-8H2,1-3H3,(H2,23,28)(H,24,25)/t13-,20-,21-/m1/s1. The van der Waals surface area contributed by atoms with Crippen LogP contribution in [0.1, 0.15) is 54.3 Å². The third-order valence-corrected chi connectivity index (χ3v) is 5.91. The van der Waals surface area contributed by atoms with E-state index < -0.39 is 5.91 Å². The van der Waals surface area contributed by atoms with Gasteiger partial charge in [0.2, 0.25) is 11.8 Å². The van der Waals surface area contributed by atoms with Crippen molar-refractivity contribution in [2.45, 2.75) is 45.7 Å². The second kappa shape index (κ2) is 6.93. The molecule has 6 nitrogen and oxygen atoms in total. The minimum atomic E-state index is -0.471. The molecule has 0 saturated heterocycles. The zero-order chi connectivity index (χ0) is 20.0. The third-order valence-electron chi connectivity index (χ3n) is 5.91. The van der Waals surface area contributed by atoms with Gasteiger partial charge in [-0.1, -0.05) is 13.0 Å². The number of fused-ring (bicyclic) bond motifs is 1. The number of aromatic nitrogens is 1. The van der Waals surface area contributed by atoms with Gasteiger partial charge in [-0.15, -0.1) is 0 Å². The number of nitrogens with zero attached hydrogens (tertiary/aromatic N) is 2. The molecule has 28 heavy (non-hydrogen) atoms. The topological polar surface area (TPSA) is 88.3 Å². The number of hydrogen-bond donors (Lipinski definition) is 2. The van der Waals surface area contributed by atoms with Crippen LogP contribution in [0.2, 0.25) is 0 Å². The van der Waals surface area contributed by atoms with Crippen molar-refractivity contribution in [2.24, 2.45) is 17.6 Å². The number of carbonyl (C=O) groups excluding carboxylic acids is 2. The van der Waals surface area contributed by atoms with Crippen LogP contribution in [-0.2, 0) is 4.79 Å². The monoisotopic (exact) mass is 378 g/mol. The molecule has 3 N–H and O–H groups in total. The van der Waals surface area contributed by atoms with E-state index in [1.54, 1.807) is 13.0 Å². The van der Waals surface area contributed by atoms with Crippen LogP contribution in [0.4, 0.5) is 11.5 Å². The molecule has 1 aromatic carbocycles. The van der Waals surface area contributed by atoms with Crippen LogP contribution in [0.15, 0.2) is 36.4 Å². The number of carbonyl (C=O) groups is 2. The molecule has 0 radical (unpaired) electrons. The summed E-state index contributed by atoms with van der Waals surface area (Å²) in [5.74, 6) is 1.02. The maximum absolute atomic E-state index is 12.6. The summed E-state index contributed by atoms with van der Waals surface area (Å²) in [5.41, 5.74) is 8.68. The van der Waals surface area contributed by atoms with Crippen LogP contribution in [0, 0.1) is 18.8 Å². The van der Waals surface area contributed by atoms with Crippen LogP contribution in [0.25, 0.3) is 0 Å². The van der Waals surface area contributed by atoms with E-state index in [9.17, 15) is 9.59 Å². The number of nitrogens with one attached hydrogen (secondary N) is 1. The average Bonchev–Trinajstić information content (AvgIpc) is 3.47. The number of amides is 2. The normalized spacial score (nSPS) is 23.8. The first kappa shape index (κ1) is 18.5. The summed E-state index contributed by atoms with van der Waals surface area (Å²) in [4.78, 5) is 30.9. The quantitative estimate of drug-likeness (QED) is 0.853. The summed E-state index contributed by atoms with van der Waals surface area (Å²) in [6, 6.07) is 11.3. The molecular formula is C22H26N4O2. The van der Waals surface area contributed by atoms with Crippen LogP contribution in [0.5, 0.6) is 0 Å². The second-order valence-electron chi connectivity index (χ2n) is 8.00. The number of rotatable bonds is 4. The SMILES string of the molecule is CC(=O)N1c2ccc(C(N)=O)cc2[C@H](Nc2cccc(C)n2)[C@@H](C)[C@@H]1C1CC1. The number of hydrogen-bond acceptors (Lipinski definition) is 4. The number of primary amides is 1. The fourth-order valence-electron chi connectivity index (χ4n) is 4.50. The zero-order valence-electron chi connectivity index (χ0n) is 16.5. The highest BCUT2D eigenvalue weighted by Gasteiger charge is 2.47. The summed E-state index contributed by atoms with van der Waals surface area (Å²) in [6.07, 6.45) is 2.28. The van der Waals surface area contributed by atoms with Crippen molar-refractivity contribution in [3.05, 3.63) is 53.2 Å². The lowest BCUT2D eigenvalue weighted by atomic mass is 9.79. The van der Waals surface area contributed by atoms with E-state index in [0.717, 1.165) is 35.6 Å². The Hall–Kier alpha value is -2.89. The van der Waals surface area contributed by atoms with Crippen LogP contribution in [-0.4, -0.2) is 22.8 Å². The molecule has 1 aliphatic carbocycles. The van der Waals surface area contributed by atoms with Gasteiger partial charge in [0.1, 0.15) is 5.82 Å². The molecule has 2 heterocycles. The van der Waals surface area contributed by atoms with Gasteiger partial charge >= 0.3 is 0 Å². The van der Waals surface area contributed by atoms with E-state index in [2.05, 4.69) is 17.2 Å². The molecule has 1 aromatic heterocycles. The highest BCUT2D eigenvalue weighted by Crippen LogP contribution is 2.50. The lowest BCUT2D eigenvalue weighted by molar-refractivity contribution is -0.117. The van der Waals surface area contributed by atoms with Gasteiger partial charge in [-0.3, -0.25) is 9.59 Å². The molecule has 3 atom stereocenters. The van der Waals surface area contributed by atoms with Gasteiger partial charge in [0, 0.05) is 35.8 Å². The molecule has 1 saturated carbocycles. The van der Waals surface area contributed by atoms with E-state index in [1.807, 2.05) is 42.2 Å². The van der Waals surface area contributed by atoms with Crippen molar-refractivity contribution in [2.75, 3.05) is 10.2 Å². The van der Waals surface area contributed by atoms with Gasteiger partial charge in [0.25, 0.3) is 0 Å². The lowest BCUT2D eigenvalue weighted by Crippen LogP contribution is -2.51. The van der Waals surface area contributed by atoms with Crippen molar-refractivity contribution < 1.29 is 9.59 Å². The van der Waals surface area contributed by atoms with Crippen molar-refractivity contribution in [1.82, 2.24) is 4.98 Å². The molecule has 1 aliphatic heterocycles. The van der Waals surface area contributed by atoms with E-state index >= 15 is 0 Å². The summed E-state index contributed by atoms with van der Waals surface area (Å²) >= 11 is 0. The molecule has 2 aromatic rings. The molecule has 0 bridgehead atoms. The number of aryl methyl sites for hydroxylation is 1. The molecule has 0 unspecified atom stereocenters. The molecule has 2 aliphatic rings. The van der Waals surface area contributed by atoms with Crippen LogP contribution >= 0.6 is 0 Å². The Morgan fingerprint density at radius 2 is 1.96 bits per heavy atom. The van der Waals surface area contributed by atoms with E-state index in [-0.39, 0.29) is 23.9 Å².